The summed E-state index contributed by atoms with van der Waals surface area (Å²) in [5.74, 6) is 0. The molecule has 0 unspecified atom stereocenters. The zero-order valence-electron chi connectivity index (χ0n) is 10.1. The maximum Gasteiger partial charge on any atom is 0.222 e. The van der Waals surface area contributed by atoms with Crippen LogP contribution in [0.4, 0.5) is 0 Å². The molecule has 2 aromatic heterocycles. The minimum atomic E-state index is 0.132. The molecule has 2 heterocycles. The molecule has 0 amide bonds. The van der Waals surface area contributed by atoms with E-state index in [0.29, 0.717) is 6.42 Å². The second-order valence-corrected chi connectivity index (χ2v) is 4.56. The first-order valence-corrected chi connectivity index (χ1v) is 6.36. The molecule has 2 N–H and O–H groups in total. The van der Waals surface area contributed by atoms with Crippen LogP contribution >= 0.6 is 11.6 Å². The van der Waals surface area contributed by atoms with Crippen molar-refractivity contribution in [3.05, 3.63) is 47.5 Å². The van der Waals surface area contributed by atoms with Crippen molar-refractivity contribution in [2.75, 3.05) is 6.61 Å². The van der Waals surface area contributed by atoms with Crippen LogP contribution in [-0.2, 0) is 6.42 Å². The van der Waals surface area contributed by atoms with Crippen LogP contribution < -0.4 is 0 Å². The molecule has 0 saturated carbocycles. The quantitative estimate of drug-likeness (QED) is 0.722. The number of H-pyrrole nitrogens is 1. The number of fused-ring (bicyclic) bond motifs is 1. The molecule has 5 heteroatoms. The molecule has 19 heavy (non-hydrogen) atoms. The van der Waals surface area contributed by atoms with E-state index in [0.717, 1.165) is 27.7 Å². The summed E-state index contributed by atoms with van der Waals surface area (Å²) >= 11 is 5.83. The molecule has 3 aromatic rings. The molecule has 0 fully saturated rings. The van der Waals surface area contributed by atoms with Gasteiger partial charge in [-0.15, -0.1) is 0 Å². The SMILES string of the molecule is OCCc1cccc2c(-c3ccnc(Cl)n3)c[nH]c12. The zero-order valence-corrected chi connectivity index (χ0v) is 10.9. The Balaban J connectivity index is 2.18. The lowest BCUT2D eigenvalue weighted by Gasteiger charge is -2.02. The van der Waals surface area contributed by atoms with Gasteiger partial charge < -0.3 is 10.1 Å². The fourth-order valence-electron chi connectivity index (χ4n) is 2.24. The Morgan fingerprint density at radius 2 is 2.16 bits per heavy atom. The Morgan fingerprint density at radius 3 is 2.95 bits per heavy atom. The number of rotatable bonds is 3. The predicted molar refractivity (Wildman–Crippen MR) is 75.1 cm³/mol. The van der Waals surface area contributed by atoms with Crippen molar-refractivity contribution in [1.82, 2.24) is 15.0 Å². The minimum Gasteiger partial charge on any atom is -0.396 e. The van der Waals surface area contributed by atoms with Crippen LogP contribution in [0.3, 0.4) is 0 Å². The number of nitrogens with zero attached hydrogens (tertiary/aromatic N) is 2. The molecule has 3 rings (SSSR count). The second-order valence-electron chi connectivity index (χ2n) is 4.23. The van der Waals surface area contributed by atoms with Gasteiger partial charge in [-0.3, -0.25) is 0 Å². The fourth-order valence-corrected chi connectivity index (χ4v) is 2.39. The van der Waals surface area contributed by atoms with Gasteiger partial charge in [-0.1, -0.05) is 18.2 Å². The maximum atomic E-state index is 9.09. The third-order valence-electron chi connectivity index (χ3n) is 3.09. The number of halogens is 1. The lowest BCUT2D eigenvalue weighted by Crippen LogP contribution is -1.91. The standard InChI is InChI=1S/C14H12ClN3O/c15-14-16-6-4-12(18-14)11-8-17-13-9(5-7-19)2-1-3-10(11)13/h1-4,6,8,17,19H,5,7H2. The van der Waals surface area contributed by atoms with Crippen molar-refractivity contribution in [1.29, 1.82) is 0 Å². The molecular formula is C14H12ClN3O. The topological polar surface area (TPSA) is 61.8 Å². The lowest BCUT2D eigenvalue weighted by molar-refractivity contribution is 0.300. The van der Waals surface area contributed by atoms with E-state index in [4.69, 9.17) is 16.7 Å². The molecule has 1 aromatic carbocycles. The smallest absolute Gasteiger partial charge is 0.222 e. The Kier molecular flexibility index (Phi) is 3.19. The largest absolute Gasteiger partial charge is 0.396 e. The molecule has 0 atom stereocenters. The first kappa shape index (κ1) is 12.1. The minimum absolute atomic E-state index is 0.132. The van der Waals surface area contributed by atoms with Crippen molar-refractivity contribution in [2.45, 2.75) is 6.42 Å². The summed E-state index contributed by atoms with van der Waals surface area (Å²) in [5, 5.41) is 10.4. The number of aliphatic hydroxyl groups is 1. The fraction of sp³-hybridized carbons (Fsp3) is 0.143. The molecular weight excluding hydrogens is 262 g/mol. The predicted octanol–water partition coefficient (Wildman–Crippen LogP) is 2.81. The average Bonchev–Trinajstić information content (AvgIpc) is 2.84. The number of para-hydroxylation sites is 1. The number of hydrogen-bond donors (Lipinski definition) is 2. The molecule has 0 bridgehead atoms. The zero-order chi connectivity index (χ0) is 13.2. The number of benzene rings is 1. The molecule has 0 aliphatic rings. The van der Waals surface area contributed by atoms with Gasteiger partial charge in [-0.2, -0.15) is 0 Å². The molecule has 96 valence electrons. The van der Waals surface area contributed by atoms with Gasteiger partial charge in [0, 0.05) is 35.5 Å². The van der Waals surface area contributed by atoms with E-state index in [1.165, 1.54) is 0 Å². The van der Waals surface area contributed by atoms with E-state index in [1.807, 2.05) is 30.5 Å². The molecule has 0 aliphatic heterocycles. The third kappa shape index (κ3) is 2.20. The van der Waals surface area contributed by atoms with Gasteiger partial charge in [0.1, 0.15) is 0 Å². The van der Waals surface area contributed by atoms with Gasteiger partial charge in [0.15, 0.2) is 0 Å². The van der Waals surface area contributed by atoms with Crippen LogP contribution in [0.25, 0.3) is 22.2 Å². The summed E-state index contributed by atoms with van der Waals surface area (Å²) in [5.41, 5.74) is 3.89. The first-order chi connectivity index (χ1) is 9.29. The molecule has 0 saturated heterocycles. The molecule has 0 aliphatic carbocycles. The summed E-state index contributed by atoms with van der Waals surface area (Å²) in [6.07, 6.45) is 4.17. The normalized spacial score (nSPS) is 11.1. The summed E-state index contributed by atoms with van der Waals surface area (Å²) in [6.45, 7) is 0.132. The second kappa shape index (κ2) is 4.99. The van der Waals surface area contributed by atoms with E-state index in [1.54, 1.807) is 6.20 Å². The van der Waals surface area contributed by atoms with E-state index >= 15 is 0 Å². The van der Waals surface area contributed by atoms with Gasteiger partial charge in [0.05, 0.1) is 5.69 Å². The highest BCUT2D eigenvalue weighted by molar-refractivity contribution is 6.28. The van der Waals surface area contributed by atoms with Crippen LogP contribution in [0.1, 0.15) is 5.56 Å². The molecule has 0 radical (unpaired) electrons. The van der Waals surface area contributed by atoms with Gasteiger partial charge in [0.2, 0.25) is 5.28 Å². The van der Waals surface area contributed by atoms with Crippen LogP contribution in [0, 0.1) is 0 Å². The Labute approximate surface area is 115 Å². The van der Waals surface area contributed by atoms with Crippen molar-refractivity contribution in [3.63, 3.8) is 0 Å². The summed E-state index contributed by atoms with van der Waals surface area (Å²) in [4.78, 5) is 11.4. The monoisotopic (exact) mass is 273 g/mol. The maximum absolute atomic E-state index is 9.09. The Bertz CT molecular complexity index is 724. The third-order valence-corrected chi connectivity index (χ3v) is 3.27. The highest BCUT2D eigenvalue weighted by atomic mass is 35.5. The molecule has 4 nitrogen and oxygen atoms in total. The van der Waals surface area contributed by atoms with Gasteiger partial charge in [-0.25, -0.2) is 9.97 Å². The number of hydrogen-bond acceptors (Lipinski definition) is 3. The number of aliphatic hydroxyl groups excluding tert-OH is 1. The van der Waals surface area contributed by atoms with Crippen molar-refractivity contribution >= 4 is 22.5 Å². The number of aromatic nitrogens is 3. The van der Waals surface area contributed by atoms with E-state index < -0.39 is 0 Å². The number of nitrogens with one attached hydrogen (secondary N) is 1. The Morgan fingerprint density at radius 1 is 1.26 bits per heavy atom. The number of aromatic amines is 1. The lowest BCUT2D eigenvalue weighted by atomic mass is 10.1. The van der Waals surface area contributed by atoms with Crippen LogP contribution in [0.15, 0.2) is 36.7 Å². The average molecular weight is 274 g/mol. The van der Waals surface area contributed by atoms with Gasteiger partial charge in [-0.05, 0) is 29.7 Å². The van der Waals surface area contributed by atoms with Gasteiger partial charge >= 0.3 is 0 Å². The van der Waals surface area contributed by atoms with E-state index in [9.17, 15) is 0 Å². The molecule has 0 spiro atoms. The summed E-state index contributed by atoms with van der Waals surface area (Å²) in [7, 11) is 0. The Hall–Kier alpha value is -1.91. The summed E-state index contributed by atoms with van der Waals surface area (Å²) < 4.78 is 0. The van der Waals surface area contributed by atoms with Crippen molar-refractivity contribution in [2.24, 2.45) is 0 Å². The first-order valence-electron chi connectivity index (χ1n) is 5.98. The van der Waals surface area contributed by atoms with Crippen LogP contribution in [0.2, 0.25) is 5.28 Å². The van der Waals surface area contributed by atoms with Crippen LogP contribution in [0.5, 0.6) is 0 Å². The summed E-state index contributed by atoms with van der Waals surface area (Å²) in [6, 6.07) is 7.84. The van der Waals surface area contributed by atoms with E-state index in [2.05, 4.69) is 15.0 Å². The highest BCUT2D eigenvalue weighted by Crippen LogP contribution is 2.29. The van der Waals surface area contributed by atoms with Crippen molar-refractivity contribution < 1.29 is 5.11 Å². The van der Waals surface area contributed by atoms with E-state index in [-0.39, 0.29) is 11.9 Å². The van der Waals surface area contributed by atoms with Gasteiger partial charge in [0.25, 0.3) is 0 Å². The van der Waals surface area contributed by atoms with Crippen molar-refractivity contribution in [3.8, 4) is 11.3 Å². The highest BCUT2D eigenvalue weighted by Gasteiger charge is 2.10. The van der Waals surface area contributed by atoms with Crippen LogP contribution in [-0.4, -0.2) is 26.7 Å².